The molecule has 1 N–H and O–H groups in total. The maximum Gasteiger partial charge on any atom is 0.0406 e. The second-order valence-electron chi connectivity index (χ2n) is 7.04. The van der Waals surface area contributed by atoms with Crippen molar-refractivity contribution in [2.24, 2.45) is 0 Å². The van der Waals surface area contributed by atoms with E-state index in [2.05, 4.69) is 96.3 Å². The number of hydrogen-bond donors (Lipinski definition) is 1. The molecule has 4 aromatic rings. The van der Waals surface area contributed by atoms with E-state index in [-0.39, 0.29) is 0 Å². The van der Waals surface area contributed by atoms with Crippen LogP contribution in [0.15, 0.2) is 97.1 Å². The largest absolute Gasteiger partial charge is 0.381 e. The monoisotopic (exact) mass is 347 g/mol. The molecule has 27 heavy (non-hydrogen) atoms. The Balaban J connectivity index is 1.54. The van der Waals surface area contributed by atoms with E-state index in [0.29, 0.717) is 0 Å². The molecule has 0 spiro atoms. The molecule has 0 aromatic heterocycles. The lowest BCUT2D eigenvalue weighted by Crippen LogP contribution is -2.01. The summed E-state index contributed by atoms with van der Waals surface area (Å²) in [6, 6.07) is 34.6. The molecule has 0 bridgehead atoms. The summed E-state index contributed by atoms with van der Waals surface area (Å²) in [5, 5.41) is 3.56. The van der Waals surface area contributed by atoms with Crippen molar-refractivity contribution in [3.63, 3.8) is 0 Å². The van der Waals surface area contributed by atoms with Crippen LogP contribution >= 0.6 is 0 Å². The third-order valence-electron chi connectivity index (χ3n) is 5.42. The Morgan fingerprint density at radius 3 is 2.04 bits per heavy atom. The second kappa shape index (κ2) is 6.77. The SMILES string of the molecule is c1ccc(NCc2ccccc2-c2cccc3c2Cc2ccccc2-3)cc1. The molecule has 0 aliphatic heterocycles. The standard InChI is InChI=1S/C26H21N/c1-2-11-21(12-3-1)27-18-20-10-5-7-14-23(20)25-16-8-15-24-22-13-6-4-9-19(22)17-26(24)25/h1-16,27H,17-18H2. The predicted molar refractivity (Wildman–Crippen MR) is 114 cm³/mol. The van der Waals surface area contributed by atoms with Crippen molar-refractivity contribution in [2.45, 2.75) is 13.0 Å². The van der Waals surface area contributed by atoms with E-state index in [1.54, 1.807) is 0 Å². The van der Waals surface area contributed by atoms with Crippen LogP contribution in [0.3, 0.4) is 0 Å². The van der Waals surface area contributed by atoms with Gasteiger partial charge in [-0.3, -0.25) is 0 Å². The highest BCUT2D eigenvalue weighted by Gasteiger charge is 2.21. The van der Waals surface area contributed by atoms with Crippen LogP contribution in [0.1, 0.15) is 16.7 Å². The fourth-order valence-corrected chi connectivity index (χ4v) is 4.10. The first-order valence-electron chi connectivity index (χ1n) is 9.47. The fourth-order valence-electron chi connectivity index (χ4n) is 4.10. The molecule has 0 amide bonds. The van der Waals surface area contributed by atoms with Gasteiger partial charge in [-0.1, -0.05) is 84.9 Å². The third-order valence-corrected chi connectivity index (χ3v) is 5.42. The lowest BCUT2D eigenvalue weighted by molar-refractivity contribution is 1.15. The van der Waals surface area contributed by atoms with E-state index in [1.165, 1.54) is 38.9 Å². The Bertz CT molecular complexity index is 1100. The van der Waals surface area contributed by atoms with E-state index >= 15 is 0 Å². The summed E-state index contributed by atoms with van der Waals surface area (Å²) in [7, 11) is 0. The van der Waals surface area contributed by atoms with Gasteiger partial charge in [-0.25, -0.2) is 0 Å². The minimum absolute atomic E-state index is 0.816. The van der Waals surface area contributed by atoms with Crippen molar-refractivity contribution in [1.82, 2.24) is 0 Å². The molecule has 1 aliphatic carbocycles. The fraction of sp³-hybridized carbons (Fsp3) is 0.0769. The molecule has 130 valence electrons. The lowest BCUT2D eigenvalue weighted by atomic mass is 9.92. The van der Waals surface area contributed by atoms with E-state index < -0.39 is 0 Å². The highest BCUT2D eigenvalue weighted by Crippen LogP contribution is 2.42. The molecular formula is C26H21N. The van der Waals surface area contributed by atoms with Crippen LogP contribution in [0, 0.1) is 0 Å². The molecule has 1 nitrogen and oxygen atoms in total. The van der Waals surface area contributed by atoms with Gasteiger partial charge in [-0.2, -0.15) is 0 Å². The smallest absolute Gasteiger partial charge is 0.0406 e. The molecule has 0 atom stereocenters. The van der Waals surface area contributed by atoms with Gasteiger partial charge < -0.3 is 5.32 Å². The van der Waals surface area contributed by atoms with Gasteiger partial charge in [-0.05, 0) is 57.5 Å². The lowest BCUT2D eigenvalue weighted by Gasteiger charge is -2.15. The van der Waals surface area contributed by atoms with Crippen LogP contribution in [0.25, 0.3) is 22.3 Å². The summed E-state index contributed by atoms with van der Waals surface area (Å²) < 4.78 is 0. The molecule has 4 aromatic carbocycles. The van der Waals surface area contributed by atoms with E-state index in [4.69, 9.17) is 0 Å². The minimum Gasteiger partial charge on any atom is -0.381 e. The summed E-state index contributed by atoms with van der Waals surface area (Å²) in [5.74, 6) is 0. The number of fused-ring (bicyclic) bond motifs is 3. The highest BCUT2D eigenvalue weighted by atomic mass is 14.9. The van der Waals surface area contributed by atoms with E-state index in [0.717, 1.165) is 18.7 Å². The number of para-hydroxylation sites is 1. The molecule has 0 fully saturated rings. The van der Waals surface area contributed by atoms with Crippen molar-refractivity contribution in [2.75, 3.05) is 5.32 Å². The zero-order valence-corrected chi connectivity index (χ0v) is 15.2. The Labute approximate surface area is 160 Å². The van der Waals surface area contributed by atoms with E-state index in [9.17, 15) is 0 Å². The van der Waals surface area contributed by atoms with Gasteiger partial charge >= 0.3 is 0 Å². The summed E-state index contributed by atoms with van der Waals surface area (Å²) >= 11 is 0. The molecule has 0 saturated carbocycles. The molecule has 0 radical (unpaired) electrons. The highest BCUT2D eigenvalue weighted by molar-refractivity contribution is 5.85. The molecule has 0 heterocycles. The topological polar surface area (TPSA) is 12.0 Å². The molecule has 1 aliphatic rings. The van der Waals surface area contributed by atoms with Crippen LogP contribution in [-0.2, 0) is 13.0 Å². The van der Waals surface area contributed by atoms with Crippen molar-refractivity contribution >= 4 is 5.69 Å². The third kappa shape index (κ3) is 2.92. The zero-order valence-electron chi connectivity index (χ0n) is 15.2. The Morgan fingerprint density at radius 1 is 0.556 bits per heavy atom. The quantitative estimate of drug-likeness (QED) is 0.389. The minimum atomic E-state index is 0.816. The summed E-state index contributed by atoms with van der Waals surface area (Å²) in [6.07, 6.45) is 1.02. The van der Waals surface area contributed by atoms with Gasteiger partial charge in [0.05, 0.1) is 0 Å². The number of rotatable bonds is 4. The summed E-state index contributed by atoms with van der Waals surface area (Å²) in [5.41, 5.74) is 10.8. The molecule has 5 rings (SSSR count). The Hall–Kier alpha value is -3.32. The number of anilines is 1. The first-order valence-corrected chi connectivity index (χ1v) is 9.47. The summed E-state index contributed by atoms with van der Waals surface area (Å²) in [4.78, 5) is 0. The van der Waals surface area contributed by atoms with Gasteiger partial charge in [0, 0.05) is 12.2 Å². The van der Waals surface area contributed by atoms with Crippen LogP contribution in [0.2, 0.25) is 0 Å². The molecule has 0 unspecified atom stereocenters. The molecule has 0 saturated heterocycles. The maximum atomic E-state index is 3.56. The van der Waals surface area contributed by atoms with Crippen LogP contribution in [0.5, 0.6) is 0 Å². The maximum absolute atomic E-state index is 3.56. The zero-order chi connectivity index (χ0) is 18.1. The van der Waals surface area contributed by atoms with Crippen molar-refractivity contribution in [3.8, 4) is 22.3 Å². The number of benzene rings is 4. The first kappa shape index (κ1) is 15.9. The van der Waals surface area contributed by atoms with Gasteiger partial charge in [0.1, 0.15) is 0 Å². The van der Waals surface area contributed by atoms with Gasteiger partial charge in [0.2, 0.25) is 0 Å². The van der Waals surface area contributed by atoms with E-state index in [1.807, 2.05) is 6.07 Å². The normalized spacial score (nSPS) is 11.7. The van der Waals surface area contributed by atoms with Crippen molar-refractivity contribution in [1.29, 1.82) is 0 Å². The van der Waals surface area contributed by atoms with Crippen LogP contribution in [-0.4, -0.2) is 0 Å². The first-order chi connectivity index (χ1) is 13.4. The Kier molecular flexibility index (Phi) is 3.99. The molecule has 1 heteroatoms. The molecular weight excluding hydrogens is 326 g/mol. The van der Waals surface area contributed by atoms with Gasteiger partial charge in [-0.15, -0.1) is 0 Å². The van der Waals surface area contributed by atoms with Crippen molar-refractivity contribution in [3.05, 3.63) is 114 Å². The van der Waals surface area contributed by atoms with Gasteiger partial charge in [0.15, 0.2) is 0 Å². The Morgan fingerprint density at radius 2 is 1.19 bits per heavy atom. The van der Waals surface area contributed by atoms with Gasteiger partial charge in [0.25, 0.3) is 0 Å². The summed E-state index contributed by atoms with van der Waals surface area (Å²) in [6.45, 7) is 0.816. The second-order valence-corrected chi connectivity index (χ2v) is 7.04. The average molecular weight is 347 g/mol. The predicted octanol–water partition coefficient (Wildman–Crippen LogP) is 6.54. The van der Waals surface area contributed by atoms with Crippen LogP contribution in [0.4, 0.5) is 5.69 Å². The van der Waals surface area contributed by atoms with Crippen LogP contribution < -0.4 is 5.32 Å². The number of nitrogens with one attached hydrogen (secondary N) is 1. The average Bonchev–Trinajstić information content (AvgIpc) is 3.12. The number of hydrogen-bond acceptors (Lipinski definition) is 1. The van der Waals surface area contributed by atoms with Crippen molar-refractivity contribution < 1.29 is 0 Å².